The van der Waals surface area contributed by atoms with E-state index in [4.69, 9.17) is 9.47 Å². The fraction of sp³-hybridized carbons (Fsp3) is 0.529. The van der Waals surface area contributed by atoms with Gasteiger partial charge in [0.25, 0.3) is 0 Å². The van der Waals surface area contributed by atoms with Gasteiger partial charge in [-0.2, -0.15) is 0 Å². The zero-order valence-electron chi connectivity index (χ0n) is 26.8. The maximum absolute atomic E-state index is 14.3. The van der Waals surface area contributed by atoms with Gasteiger partial charge in [-0.05, 0) is 91.3 Å². The van der Waals surface area contributed by atoms with Crippen molar-refractivity contribution in [3.8, 4) is 0 Å². The Morgan fingerprint density at radius 2 is 1.53 bits per heavy atom. The fourth-order valence-electron chi connectivity index (χ4n) is 4.99. The van der Waals surface area contributed by atoms with Gasteiger partial charge in [0.05, 0.1) is 0 Å². The van der Waals surface area contributed by atoms with Crippen molar-refractivity contribution in [1.82, 2.24) is 15.5 Å². The number of benzene rings is 2. The number of ether oxygens (including phenoxy) is 2. The summed E-state index contributed by atoms with van der Waals surface area (Å²) in [5.41, 5.74) is 1.89. The molecule has 1 aliphatic rings. The van der Waals surface area contributed by atoms with E-state index < -0.39 is 47.2 Å². The van der Waals surface area contributed by atoms with E-state index in [-0.39, 0.29) is 19.0 Å². The predicted octanol–water partition coefficient (Wildman–Crippen LogP) is 5.32. The number of hydrogen-bond donors (Lipinski definition) is 2. The number of carbonyl (C=O) groups is 4. The largest absolute Gasteiger partial charge is 0.458 e. The Balaban J connectivity index is 1.98. The van der Waals surface area contributed by atoms with E-state index in [9.17, 15) is 19.2 Å². The molecule has 0 bridgehead atoms. The first-order valence-electron chi connectivity index (χ1n) is 15.0. The highest BCUT2D eigenvalue weighted by molar-refractivity contribution is 5.93. The Morgan fingerprint density at radius 3 is 2.07 bits per heavy atom. The summed E-state index contributed by atoms with van der Waals surface area (Å²) in [6, 6.07) is 12.9. The van der Waals surface area contributed by atoms with E-state index in [1.54, 1.807) is 46.4 Å². The van der Waals surface area contributed by atoms with Crippen molar-refractivity contribution in [2.75, 3.05) is 6.54 Å². The topological polar surface area (TPSA) is 114 Å². The number of nitrogens with zero attached hydrogens (tertiary/aromatic N) is 1. The monoisotopic (exact) mass is 593 g/mol. The number of hydrogen-bond acceptors (Lipinski definition) is 6. The maximum Gasteiger partial charge on any atom is 0.408 e. The lowest BCUT2D eigenvalue weighted by Gasteiger charge is -2.43. The first-order chi connectivity index (χ1) is 20.0. The minimum Gasteiger partial charge on any atom is -0.458 e. The molecule has 0 aliphatic heterocycles. The lowest BCUT2D eigenvalue weighted by atomic mass is 9.87. The summed E-state index contributed by atoms with van der Waals surface area (Å²) in [6.45, 7) is 14.1. The van der Waals surface area contributed by atoms with Crippen molar-refractivity contribution < 1.29 is 28.7 Å². The van der Waals surface area contributed by atoms with Gasteiger partial charge in [-0.25, -0.2) is 9.59 Å². The molecule has 3 amide bonds. The summed E-state index contributed by atoms with van der Waals surface area (Å²) < 4.78 is 11.0. The van der Waals surface area contributed by atoms with Crippen LogP contribution in [0.3, 0.4) is 0 Å². The lowest BCUT2D eigenvalue weighted by Crippen LogP contribution is -2.56. The molecule has 0 saturated heterocycles. The number of amides is 3. The normalized spacial score (nSPS) is 15.0. The van der Waals surface area contributed by atoms with E-state index in [0.29, 0.717) is 5.56 Å². The van der Waals surface area contributed by atoms with Crippen LogP contribution >= 0.6 is 0 Å². The summed E-state index contributed by atoms with van der Waals surface area (Å²) in [7, 11) is 0. The van der Waals surface area contributed by atoms with E-state index in [1.165, 1.54) is 0 Å². The van der Waals surface area contributed by atoms with Gasteiger partial charge in [0, 0.05) is 12.5 Å². The molecule has 234 valence electrons. The van der Waals surface area contributed by atoms with Gasteiger partial charge in [0.1, 0.15) is 29.8 Å². The molecular formula is C34H47N3O6. The Kier molecular flexibility index (Phi) is 11.0. The van der Waals surface area contributed by atoms with Gasteiger partial charge in [-0.3, -0.25) is 9.59 Å². The molecule has 1 saturated carbocycles. The quantitative estimate of drug-likeness (QED) is 0.361. The summed E-state index contributed by atoms with van der Waals surface area (Å²) in [5, 5.41) is 5.49. The van der Waals surface area contributed by atoms with Crippen molar-refractivity contribution in [3.05, 3.63) is 70.8 Å². The van der Waals surface area contributed by atoms with Crippen molar-refractivity contribution in [2.24, 2.45) is 0 Å². The Hall–Kier alpha value is -3.88. The molecule has 2 N–H and O–H groups in total. The highest BCUT2D eigenvalue weighted by Gasteiger charge is 2.41. The SMILES string of the molecule is Cc1ccc(C(C(=O)NC(Cc2ccccc2)C(=O)OC(C)(C)C)N(C(=O)CNC(=O)OC(C)(C)C)C2CCC2)c(C)c1. The van der Waals surface area contributed by atoms with Crippen LogP contribution in [0.1, 0.15) is 89.1 Å². The molecule has 2 unspecified atom stereocenters. The first-order valence-corrected chi connectivity index (χ1v) is 15.0. The number of nitrogens with one attached hydrogen (secondary N) is 2. The molecule has 0 heterocycles. The lowest BCUT2D eigenvalue weighted by molar-refractivity contribution is -0.159. The van der Waals surface area contributed by atoms with Crippen LogP contribution in [-0.4, -0.2) is 58.6 Å². The molecule has 9 nitrogen and oxygen atoms in total. The highest BCUT2D eigenvalue weighted by Crippen LogP contribution is 2.34. The second-order valence-corrected chi connectivity index (χ2v) is 13.3. The Labute approximate surface area is 255 Å². The van der Waals surface area contributed by atoms with Crippen LogP contribution in [0.15, 0.2) is 48.5 Å². The second-order valence-electron chi connectivity index (χ2n) is 13.3. The van der Waals surface area contributed by atoms with Crippen LogP contribution in [0.25, 0.3) is 0 Å². The van der Waals surface area contributed by atoms with Crippen LogP contribution in [0.5, 0.6) is 0 Å². The fourth-order valence-corrected chi connectivity index (χ4v) is 4.99. The molecule has 1 fully saturated rings. The van der Waals surface area contributed by atoms with Crippen LogP contribution in [0, 0.1) is 13.8 Å². The molecule has 2 aromatic rings. The highest BCUT2D eigenvalue weighted by atomic mass is 16.6. The molecule has 0 spiro atoms. The predicted molar refractivity (Wildman–Crippen MR) is 165 cm³/mol. The van der Waals surface area contributed by atoms with Gasteiger partial charge < -0.3 is 25.0 Å². The summed E-state index contributed by atoms with van der Waals surface area (Å²) in [4.78, 5) is 55.5. The summed E-state index contributed by atoms with van der Waals surface area (Å²) in [5.74, 6) is -1.46. The minimum atomic E-state index is -1.03. The zero-order valence-corrected chi connectivity index (χ0v) is 26.8. The van der Waals surface area contributed by atoms with E-state index >= 15 is 0 Å². The van der Waals surface area contributed by atoms with Gasteiger partial charge in [-0.1, -0.05) is 54.1 Å². The molecule has 2 atom stereocenters. The van der Waals surface area contributed by atoms with Gasteiger partial charge in [0.15, 0.2) is 0 Å². The van der Waals surface area contributed by atoms with Crippen LogP contribution < -0.4 is 10.6 Å². The first kappa shape index (κ1) is 33.6. The minimum absolute atomic E-state index is 0.196. The molecule has 2 aromatic carbocycles. The van der Waals surface area contributed by atoms with Gasteiger partial charge >= 0.3 is 12.1 Å². The number of alkyl carbamates (subject to hydrolysis) is 1. The third-order valence-electron chi connectivity index (χ3n) is 7.08. The molecule has 0 radical (unpaired) electrons. The number of carbonyl (C=O) groups excluding carboxylic acids is 4. The summed E-state index contributed by atoms with van der Waals surface area (Å²) in [6.07, 6.45) is 1.89. The van der Waals surface area contributed by atoms with Crippen molar-refractivity contribution in [2.45, 2.75) is 110 Å². The molecule has 1 aliphatic carbocycles. The average Bonchev–Trinajstić information content (AvgIpc) is 2.85. The van der Waals surface area contributed by atoms with E-state index in [1.807, 2.05) is 62.4 Å². The van der Waals surface area contributed by atoms with Crippen LogP contribution in [-0.2, 0) is 30.3 Å². The number of aryl methyl sites for hydroxylation is 2. The van der Waals surface area contributed by atoms with Crippen LogP contribution in [0.2, 0.25) is 0 Å². The van der Waals surface area contributed by atoms with Crippen molar-refractivity contribution >= 4 is 23.9 Å². The molecule has 9 heteroatoms. The average molecular weight is 594 g/mol. The van der Waals surface area contributed by atoms with Gasteiger partial charge in [0.2, 0.25) is 11.8 Å². The summed E-state index contributed by atoms with van der Waals surface area (Å²) >= 11 is 0. The standard InChI is InChI=1S/C34H47N3O6/c1-22-17-18-26(23(2)19-22)29(37(25-15-12-16-25)28(38)21-35-32(41)43-34(6,7)8)30(39)36-27(31(40)42-33(3,4)5)20-24-13-10-9-11-14-24/h9-11,13-14,17-19,25,27,29H,12,15-16,20-21H2,1-8H3,(H,35,41)(H,36,39). The maximum atomic E-state index is 14.3. The number of rotatable bonds is 10. The van der Waals surface area contributed by atoms with E-state index in [2.05, 4.69) is 10.6 Å². The molecular weight excluding hydrogens is 546 g/mol. The van der Waals surface area contributed by atoms with Crippen molar-refractivity contribution in [3.63, 3.8) is 0 Å². The molecule has 0 aromatic heterocycles. The third-order valence-corrected chi connectivity index (χ3v) is 7.08. The van der Waals surface area contributed by atoms with Crippen LogP contribution in [0.4, 0.5) is 4.79 Å². The molecule has 3 rings (SSSR count). The van der Waals surface area contributed by atoms with E-state index in [0.717, 1.165) is 36.0 Å². The number of esters is 1. The van der Waals surface area contributed by atoms with Crippen molar-refractivity contribution in [1.29, 1.82) is 0 Å². The Morgan fingerprint density at radius 1 is 0.907 bits per heavy atom. The smallest absolute Gasteiger partial charge is 0.408 e. The molecule has 43 heavy (non-hydrogen) atoms. The third kappa shape index (κ3) is 10.1. The Bertz CT molecular complexity index is 1290. The zero-order chi connectivity index (χ0) is 31.9. The second kappa shape index (κ2) is 14.1. The van der Waals surface area contributed by atoms with Gasteiger partial charge in [-0.15, -0.1) is 0 Å².